The van der Waals surface area contributed by atoms with Crippen LogP contribution < -0.4 is 5.32 Å². The fourth-order valence-electron chi connectivity index (χ4n) is 2.28. The van der Waals surface area contributed by atoms with Gasteiger partial charge in [-0.3, -0.25) is 0 Å². The molecule has 1 N–H and O–H groups in total. The summed E-state index contributed by atoms with van der Waals surface area (Å²) in [5.74, 6) is 0. The summed E-state index contributed by atoms with van der Waals surface area (Å²) in [6, 6.07) is 0.721. The third-order valence-corrected chi connectivity index (χ3v) is 4.47. The summed E-state index contributed by atoms with van der Waals surface area (Å²) in [5.41, 5.74) is 0. The standard InChI is InChI=1S/C13H27NOS/c1-3-4-10-15-11-9-14-12-7-5-6-8-13(12)16-2/h12-14H,3-11H2,1-2H3. The smallest absolute Gasteiger partial charge is 0.0591 e. The molecule has 1 fully saturated rings. The van der Waals surface area contributed by atoms with E-state index in [1.807, 2.05) is 11.8 Å². The number of hydrogen-bond donors (Lipinski definition) is 1. The van der Waals surface area contributed by atoms with Crippen molar-refractivity contribution in [2.75, 3.05) is 26.0 Å². The molecule has 0 saturated heterocycles. The maximum Gasteiger partial charge on any atom is 0.0591 e. The second-order valence-corrected chi connectivity index (χ2v) is 5.66. The topological polar surface area (TPSA) is 21.3 Å². The molecule has 0 amide bonds. The Hall–Kier alpha value is 0.270. The lowest BCUT2D eigenvalue weighted by atomic mass is 9.95. The predicted octanol–water partition coefficient (Wildman–Crippen LogP) is 3.07. The summed E-state index contributed by atoms with van der Waals surface area (Å²) in [6.07, 6.45) is 10.2. The van der Waals surface area contributed by atoms with E-state index < -0.39 is 0 Å². The van der Waals surface area contributed by atoms with Crippen LogP contribution in [0.15, 0.2) is 0 Å². The zero-order valence-corrected chi connectivity index (χ0v) is 11.7. The van der Waals surface area contributed by atoms with E-state index in [-0.39, 0.29) is 0 Å². The summed E-state index contributed by atoms with van der Waals surface area (Å²) in [6.45, 7) is 5.02. The molecular formula is C13H27NOS. The molecule has 1 rings (SSSR count). The molecule has 0 heterocycles. The van der Waals surface area contributed by atoms with Gasteiger partial charge in [-0.2, -0.15) is 11.8 Å². The first-order valence-electron chi connectivity index (χ1n) is 6.72. The number of unbranched alkanes of at least 4 members (excludes halogenated alkanes) is 1. The fraction of sp³-hybridized carbons (Fsp3) is 1.00. The number of rotatable bonds is 8. The largest absolute Gasteiger partial charge is 0.380 e. The normalized spacial score (nSPS) is 25.9. The lowest BCUT2D eigenvalue weighted by Crippen LogP contribution is -2.41. The van der Waals surface area contributed by atoms with Crippen LogP contribution in [0.25, 0.3) is 0 Å². The van der Waals surface area contributed by atoms with Crippen LogP contribution in [0.1, 0.15) is 45.4 Å². The number of nitrogens with one attached hydrogen (secondary N) is 1. The Morgan fingerprint density at radius 2 is 2.06 bits per heavy atom. The minimum atomic E-state index is 0.721. The van der Waals surface area contributed by atoms with E-state index in [0.717, 1.165) is 31.1 Å². The molecule has 1 saturated carbocycles. The van der Waals surface area contributed by atoms with Crippen LogP contribution in [0.3, 0.4) is 0 Å². The Kier molecular flexibility index (Phi) is 8.34. The average molecular weight is 245 g/mol. The van der Waals surface area contributed by atoms with Gasteiger partial charge in [-0.15, -0.1) is 0 Å². The van der Waals surface area contributed by atoms with Gasteiger partial charge in [0.1, 0.15) is 0 Å². The zero-order valence-electron chi connectivity index (χ0n) is 10.8. The summed E-state index contributed by atoms with van der Waals surface area (Å²) in [4.78, 5) is 0. The van der Waals surface area contributed by atoms with E-state index in [1.54, 1.807) is 0 Å². The van der Waals surface area contributed by atoms with Gasteiger partial charge in [0.2, 0.25) is 0 Å². The van der Waals surface area contributed by atoms with Crippen molar-refractivity contribution < 1.29 is 4.74 Å². The molecule has 1 aliphatic carbocycles. The van der Waals surface area contributed by atoms with Crippen molar-refractivity contribution in [3.8, 4) is 0 Å². The molecule has 0 bridgehead atoms. The third-order valence-electron chi connectivity index (χ3n) is 3.30. The van der Waals surface area contributed by atoms with E-state index in [1.165, 1.54) is 38.5 Å². The molecule has 0 aromatic heterocycles. The van der Waals surface area contributed by atoms with Crippen LogP contribution in [0.5, 0.6) is 0 Å². The minimum Gasteiger partial charge on any atom is -0.380 e. The lowest BCUT2D eigenvalue weighted by molar-refractivity contribution is 0.129. The Morgan fingerprint density at radius 1 is 1.25 bits per heavy atom. The highest BCUT2D eigenvalue weighted by atomic mass is 32.2. The van der Waals surface area contributed by atoms with E-state index in [9.17, 15) is 0 Å². The Balaban J connectivity index is 2.02. The van der Waals surface area contributed by atoms with E-state index in [2.05, 4.69) is 18.5 Å². The maximum absolute atomic E-state index is 5.56. The number of hydrogen-bond acceptors (Lipinski definition) is 3. The van der Waals surface area contributed by atoms with Gasteiger partial charge in [0.25, 0.3) is 0 Å². The van der Waals surface area contributed by atoms with Gasteiger partial charge < -0.3 is 10.1 Å². The summed E-state index contributed by atoms with van der Waals surface area (Å²) >= 11 is 2.02. The van der Waals surface area contributed by atoms with Crippen LogP contribution in [-0.2, 0) is 4.74 Å². The highest BCUT2D eigenvalue weighted by molar-refractivity contribution is 7.99. The lowest BCUT2D eigenvalue weighted by Gasteiger charge is -2.31. The van der Waals surface area contributed by atoms with Gasteiger partial charge in [0.05, 0.1) is 6.61 Å². The van der Waals surface area contributed by atoms with Crippen molar-refractivity contribution in [2.24, 2.45) is 0 Å². The van der Waals surface area contributed by atoms with Gasteiger partial charge in [-0.05, 0) is 25.5 Å². The maximum atomic E-state index is 5.56. The molecule has 3 heteroatoms. The molecule has 2 nitrogen and oxygen atoms in total. The molecule has 2 atom stereocenters. The van der Waals surface area contributed by atoms with Crippen molar-refractivity contribution >= 4 is 11.8 Å². The molecule has 0 aromatic rings. The van der Waals surface area contributed by atoms with Crippen molar-refractivity contribution in [1.82, 2.24) is 5.32 Å². The van der Waals surface area contributed by atoms with Crippen LogP contribution in [0.4, 0.5) is 0 Å². The van der Waals surface area contributed by atoms with Crippen LogP contribution >= 0.6 is 11.8 Å². The molecule has 0 radical (unpaired) electrons. The van der Waals surface area contributed by atoms with Gasteiger partial charge in [-0.1, -0.05) is 26.2 Å². The second kappa shape index (κ2) is 9.32. The molecule has 16 heavy (non-hydrogen) atoms. The first-order chi connectivity index (χ1) is 7.88. The van der Waals surface area contributed by atoms with Crippen LogP contribution in [0, 0.1) is 0 Å². The molecule has 96 valence electrons. The van der Waals surface area contributed by atoms with Crippen molar-refractivity contribution in [3.05, 3.63) is 0 Å². The first kappa shape index (κ1) is 14.3. The number of thioether (sulfide) groups is 1. The van der Waals surface area contributed by atoms with Gasteiger partial charge in [0.15, 0.2) is 0 Å². The SMILES string of the molecule is CCCCOCCNC1CCCCC1SC. The number of ether oxygens (including phenoxy) is 1. The van der Waals surface area contributed by atoms with Crippen LogP contribution in [0.2, 0.25) is 0 Å². The first-order valence-corrected chi connectivity index (χ1v) is 8.01. The quantitative estimate of drug-likeness (QED) is 0.664. The third kappa shape index (κ3) is 5.55. The van der Waals surface area contributed by atoms with Crippen molar-refractivity contribution in [1.29, 1.82) is 0 Å². The Bertz CT molecular complexity index is 166. The summed E-state index contributed by atoms with van der Waals surface area (Å²) in [7, 11) is 0. The molecule has 0 spiro atoms. The molecule has 0 aromatic carbocycles. The minimum absolute atomic E-state index is 0.721. The van der Waals surface area contributed by atoms with E-state index in [0.29, 0.717) is 0 Å². The van der Waals surface area contributed by atoms with Gasteiger partial charge in [0, 0.05) is 24.4 Å². The predicted molar refractivity (Wildman–Crippen MR) is 73.3 cm³/mol. The fourth-order valence-corrected chi connectivity index (χ4v) is 3.24. The van der Waals surface area contributed by atoms with E-state index >= 15 is 0 Å². The molecule has 1 aliphatic rings. The Labute approximate surface area is 105 Å². The van der Waals surface area contributed by atoms with Gasteiger partial charge >= 0.3 is 0 Å². The zero-order chi connectivity index (χ0) is 11.6. The molecule has 0 aliphatic heterocycles. The van der Waals surface area contributed by atoms with Gasteiger partial charge in [-0.25, -0.2) is 0 Å². The molecule has 2 unspecified atom stereocenters. The van der Waals surface area contributed by atoms with Crippen molar-refractivity contribution in [2.45, 2.75) is 56.7 Å². The summed E-state index contributed by atoms with van der Waals surface area (Å²) in [5, 5.41) is 4.48. The van der Waals surface area contributed by atoms with Crippen molar-refractivity contribution in [3.63, 3.8) is 0 Å². The monoisotopic (exact) mass is 245 g/mol. The summed E-state index contributed by atoms with van der Waals surface area (Å²) < 4.78 is 5.56. The highest BCUT2D eigenvalue weighted by Crippen LogP contribution is 2.26. The average Bonchev–Trinajstić information content (AvgIpc) is 2.34. The highest BCUT2D eigenvalue weighted by Gasteiger charge is 2.23. The molecular weight excluding hydrogens is 218 g/mol. The Morgan fingerprint density at radius 3 is 2.81 bits per heavy atom. The van der Waals surface area contributed by atoms with Crippen LogP contribution in [-0.4, -0.2) is 37.3 Å². The second-order valence-electron chi connectivity index (χ2n) is 4.59. The van der Waals surface area contributed by atoms with E-state index in [4.69, 9.17) is 4.74 Å².